The van der Waals surface area contributed by atoms with Crippen LogP contribution in [-0.2, 0) is 10.8 Å². The molecule has 3 rings (SSSR count). The van der Waals surface area contributed by atoms with E-state index >= 15 is 0 Å². The highest BCUT2D eigenvalue weighted by atomic mass is 16.3. The monoisotopic (exact) mass is 395 g/mol. The Balaban J connectivity index is 1.86. The van der Waals surface area contributed by atoms with Crippen molar-refractivity contribution in [2.45, 2.75) is 52.4 Å². The second kappa shape index (κ2) is 7.69. The summed E-state index contributed by atoms with van der Waals surface area (Å²) in [4.78, 5) is 21.9. The van der Waals surface area contributed by atoms with E-state index in [1.54, 1.807) is 6.20 Å². The molecule has 2 heterocycles. The van der Waals surface area contributed by atoms with Gasteiger partial charge in [-0.2, -0.15) is 0 Å². The first kappa shape index (κ1) is 21.2. The van der Waals surface area contributed by atoms with Gasteiger partial charge in [-0.25, -0.2) is 4.98 Å². The molecule has 1 aliphatic rings. The lowest BCUT2D eigenvalue weighted by molar-refractivity contribution is 0.0746. The lowest BCUT2D eigenvalue weighted by Crippen LogP contribution is -2.49. The molecule has 1 aliphatic heterocycles. The van der Waals surface area contributed by atoms with E-state index in [4.69, 9.17) is 0 Å². The molecule has 1 N–H and O–H groups in total. The van der Waals surface area contributed by atoms with Gasteiger partial charge < -0.3 is 14.9 Å². The number of hydrogen-bond acceptors (Lipinski definition) is 4. The standard InChI is InChI=1S/C24H33N3O2/c1-23(2,3)18-15-17(16-19(21(18)28)24(4,5)6)22(29)27-13-11-26(12-14-27)20-9-7-8-10-25-20/h7-10,15-16,28H,11-14H2,1-6H3. The molecule has 0 bridgehead atoms. The summed E-state index contributed by atoms with van der Waals surface area (Å²) >= 11 is 0. The Morgan fingerprint density at radius 1 is 0.931 bits per heavy atom. The molecular formula is C24H33N3O2. The maximum Gasteiger partial charge on any atom is 0.253 e. The number of carbonyl (C=O) groups excluding carboxylic acids is 1. The molecule has 1 saturated heterocycles. The number of phenolic OH excluding ortho intramolecular Hbond substituents is 1. The van der Waals surface area contributed by atoms with Crippen LogP contribution in [0.25, 0.3) is 0 Å². The van der Waals surface area contributed by atoms with Crippen LogP contribution in [0.15, 0.2) is 36.5 Å². The Morgan fingerprint density at radius 2 is 1.48 bits per heavy atom. The first-order valence-electron chi connectivity index (χ1n) is 10.3. The molecule has 0 radical (unpaired) electrons. The Morgan fingerprint density at radius 3 is 1.93 bits per heavy atom. The summed E-state index contributed by atoms with van der Waals surface area (Å²) in [5.74, 6) is 1.29. The fraction of sp³-hybridized carbons (Fsp3) is 0.500. The molecule has 0 saturated carbocycles. The molecular weight excluding hydrogens is 362 g/mol. The van der Waals surface area contributed by atoms with Crippen LogP contribution in [0.5, 0.6) is 5.75 Å². The Labute approximate surface area is 174 Å². The molecule has 0 aliphatic carbocycles. The lowest BCUT2D eigenvalue weighted by Gasteiger charge is -2.36. The van der Waals surface area contributed by atoms with Crippen molar-refractivity contribution in [2.75, 3.05) is 31.1 Å². The topological polar surface area (TPSA) is 56.7 Å². The number of aromatic hydroxyl groups is 1. The van der Waals surface area contributed by atoms with Gasteiger partial charge in [0.1, 0.15) is 11.6 Å². The Kier molecular flexibility index (Phi) is 5.61. The van der Waals surface area contributed by atoms with E-state index in [9.17, 15) is 9.90 Å². The Bertz CT molecular complexity index is 836. The van der Waals surface area contributed by atoms with Gasteiger partial charge in [-0.1, -0.05) is 47.6 Å². The van der Waals surface area contributed by atoms with Crippen LogP contribution in [-0.4, -0.2) is 47.1 Å². The summed E-state index contributed by atoms with van der Waals surface area (Å²) < 4.78 is 0. The van der Waals surface area contributed by atoms with E-state index in [0.717, 1.165) is 30.0 Å². The van der Waals surface area contributed by atoms with Crippen LogP contribution >= 0.6 is 0 Å². The second-order valence-corrected chi connectivity index (χ2v) is 9.89. The molecule has 1 amide bonds. The number of nitrogens with zero attached hydrogens (tertiary/aromatic N) is 3. The number of rotatable bonds is 2. The summed E-state index contributed by atoms with van der Waals surface area (Å²) in [5.41, 5.74) is 1.79. The van der Waals surface area contributed by atoms with Gasteiger partial charge in [0.2, 0.25) is 0 Å². The molecule has 1 aromatic heterocycles. The number of hydrogen-bond donors (Lipinski definition) is 1. The van der Waals surface area contributed by atoms with E-state index in [2.05, 4.69) is 51.4 Å². The fourth-order valence-corrected chi connectivity index (χ4v) is 3.76. The zero-order chi connectivity index (χ0) is 21.4. The summed E-state index contributed by atoms with van der Waals surface area (Å²) in [6.07, 6.45) is 1.80. The number of amides is 1. The largest absolute Gasteiger partial charge is 0.507 e. The van der Waals surface area contributed by atoms with Gasteiger partial charge in [0, 0.05) is 49.1 Å². The first-order valence-corrected chi connectivity index (χ1v) is 10.3. The molecule has 29 heavy (non-hydrogen) atoms. The number of pyridine rings is 1. The maximum atomic E-state index is 13.3. The highest BCUT2D eigenvalue weighted by Crippen LogP contribution is 2.40. The lowest BCUT2D eigenvalue weighted by atomic mass is 9.78. The van der Waals surface area contributed by atoms with Gasteiger partial charge in [0.15, 0.2) is 0 Å². The van der Waals surface area contributed by atoms with Gasteiger partial charge >= 0.3 is 0 Å². The predicted molar refractivity (Wildman–Crippen MR) is 118 cm³/mol. The number of piperazine rings is 1. The molecule has 0 spiro atoms. The molecule has 156 valence electrons. The molecule has 2 aromatic rings. The van der Waals surface area contributed by atoms with Crippen molar-refractivity contribution in [3.63, 3.8) is 0 Å². The molecule has 1 aromatic carbocycles. The van der Waals surface area contributed by atoms with E-state index in [0.29, 0.717) is 24.4 Å². The third-order valence-corrected chi connectivity index (χ3v) is 5.51. The second-order valence-electron chi connectivity index (χ2n) is 9.89. The number of benzene rings is 1. The first-order chi connectivity index (χ1) is 13.5. The number of aromatic nitrogens is 1. The van der Waals surface area contributed by atoms with Crippen molar-refractivity contribution >= 4 is 11.7 Å². The van der Waals surface area contributed by atoms with Crippen molar-refractivity contribution in [1.82, 2.24) is 9.88 Å². The van der Waals surface area contributed by atoms with Crippen molar-refractivity contribution in [1.29, 1.82) is 0 Å². The van der Waals surface area contributed by atoms with E-state index in [-0.39, 0.29) is 16.7 Å². The molecule has 5 heteroatoms. The molecule has 5 nitrogen and oxygen atoms in total. The van der Waals surface area contributed by atoms with Crippen molar-refractivity contribution < 1.29 is 9.90 Å². The zero-order valence-corrected chi connectivity index (χ0v) is 18.5. The quantitative estimate of drug-likeness (QED) is 0.822. The zero-order valence-electron chi connectivity index (χ0n) is 18.5. The number of phenols is 1. The van der Waals surface area contributed by atoms with Crippen LogP contribution in [0.2, 0.25) is 0 Å². The minimum Gasteiger partial charge on any atom is -0.507 e. The number of carbonyl (C=O) groups is 1. The highest BCUT2D eigenvalue weighted by molar-refractivity contribution is 5.95. The predicted octanol–water partition coefficient (Wildman–Crippen LogP) is 4.34. The summed E-state index contributed by atoms with van der Waals surface area (Å²) in [7, 11) is 0. The van der Waals surface area contributed by atoms with E-state index < -0.39 is 0 Å². The number of anilines is 1. The van der Waals surface area contributed by atoms with Crippen molar-refractivity contribution in [3.8, 4) is 5.75 Å². The van der Waals surface area contributed by atoms with Crippen LogP contribution in [0.4, 0.5) is 5.82 Å². The summed E-state index contributed by atoms with van der Waals surface area (Å²) in [6.45, 7) is 15.2. The molecule has 1 fully saturated rings. The third kappa shape index (κ3) is 4.55. The van der Waals surface area contributed by atoms with Gasteiger partial charge in [0.25, 0.3) is 5.91 Å². The smallest absolute Gasteiger partial charge is 0.253 e. The van der Waals surface area contributed by atoms with Crippen LogP contribution in [0.1, 0.15) is 63.0 Å². The van der Waals surface area contributed by atoms with Crippen LogP contribution in [0, 0.1) is 0 Å². The van der Waals surface area contributed by atoms with Crippen molar-refractivity contribution in [2.24, 2.45) is 0 Å². The molecule has 0 unspecified atom stereocenters. The minimum atomic E-state index is -0.252. The third-order valence-electron chi connectivity index (χ3n) is 5.51. The SMILES string of the molecule is CC(C)(C)c1cc(C(=O)N2CCN(c3ccccn3)CC2)cc(C(C)(C)C)c1O. The van der Waals surface area contributed by atoms with Crippen LogP contribution < -0.4 is 4.90 Å². The van der Waals surface area contributed by atoms with Crippen molar-refractivity contribution in [3.05, 3.63) is 53.2 Å². The van der Waals surface area contributed by atoms with Crippen LogP contribution in [0.3, 0.4) is 0 Å². The summed E-state index contributed by atoms with van der Waals surface area (Å²) in [5, 5.41) is 10.9. The van der Waals surface area contributed by atoms with E-state index in [1.165, 1.54) is 0 Å². The fourth-order valence-electron chi connectivity index (χ4n) is 3.76. The van der Waals surface area contributed by atoms with Gasteiger partial charge in [0.05, 0.1) is 0 Å². The average molecular weight is 396 g/mol. The van der Waals surface area contributed by atoms with Gasteiger partial charge in [-0.15, -0.1) is 0 Å². The summed E-state index contributed by atoms with van der Waals surface area (Å²) in [6, 6.07) is 9.64. The van der Waals surface area contributed by atoms with E-state index in [1.807, 2.05) is 35.2 Å². The highest BCUT2D eigenvalue weighted by Gasteiger charge is 2.30. The molecule has 0 atom stereocenters. The average Bonchev–Trinajstić information content (AvgIpc) is 2.66. The Hall–Kier alpha value is -2.56. The minimum absolute atomic E-state index is 0.0293. The normalized spacial score (nSPS) is 15.5. The maximum absolute atomic E-state index is 13.3. The van der Waals surface area contributed by atoms with Gasteiger partial charge in [-0.3, -0.25) is 4.79 Å². The van der Waals surface area contributed by atoms with Gasteiger partial charge in [-0.05, 0) is 35.1 Å².